The Hall–Kier alpha value is -2.16. The van der Waals surface area contributed by atoms with Gasteiger partial charge < -0.3 is 9.47 Å². The molecule has 0 bridgehead atoms. The number of rotatable bonds is 47. The van der Waals surface area contributed by atoms with E-state index in [1.54, 1.807) is 0 Å². The van der Waals surface area contributed by atoms with Crippen LogP contribution < -0.4 is 9.47 Å². The minimum atomic E-state index is -0.000125. The van der Waals surface area contributed by atoms with E-state index >= 15 is 0 Å². The Morgan fingerprint density at radius 3 is 0.746 bits per heavy atom. The lowest BCUT2D eigenvalue weighted by molar-refractivity contribution is 0.289. The van der Waals surface area contributed by atoms with E-state index in [9.17, 15) is 0 Å². The SMILES string of the molecule is CCCCCCCCCCCCCCCCCCCCCCOc1cc(OCCCCCCCCCCCCCCCCCCCCCC)cc(C(c2ccc(Cl)cc2)c2ccc(Cl)cc2)c1. The summed E-state index contributed by atoms with van der Waals surface area (Å²) in [5.74, 6) is 1.78. The Kier molecular flexibility index (Phi) is 37.7. The second-order valence-corrected chi connectivity index (χ2v) is 21.3. The van der Waals surface area contributed by atoms with Crippen molar-refractivity contribution >= 4 is 23.2 Å². The van der Waals surface area contributed by atoms with Crippen molar-refractivity contribution in [2.24, 2.45) is 0 Å². The van der Waals surface area contributed by atoms with E-state index in [2.05, 4.69) is 56.3 Å². The molecule has 0 fully saturated rings. The molecule has 0 heterocycles. The van der Waals surface area contributed by atoms with Crippen molar-refractivity contribution in [1.82, 2.24) is 0 Å². The lowest BCUT2D eigenvalue weighted by Gasteiger charge is -2.21. The summed E-state index contributed by atoms with van der Waals surface area (Å²) in [6, 6.07) is 23.0. The molecule has 0 unspecified atom stereocenters. The number of halogens is 2. The first-order chi connectivity index (χ1) is 33.1. The van der Waals surface area contributed by atoms with E-state index < -0.39 is 0 Å². The number of ether oxygens (including phenoxy) is 2. The molecule has 0 aromatic heterocycles. The van der Waals surface area contributed by atoms with Gasteiger partial charge in [-0.15, -0.1) is 0 Å². The normalized spacial score (nSPS) is 11.5. The summed E-state index contributed by atoms with van der Waals surface area (Å²) in [5.41, 5.74) is 3.51. The van der Waals surface area contributed by atoms with Crippen LogP contribution in [-0.2, 0) is 0 Å². The van der Waals surface area contributed by atoms with Crippen LogP contribution >= 0.6 is 23.2 Å². The standard InChI is InChI=1S/C63H102Cl2O2/c1-3-5-7-9-11-13-15-17-19-21-23-25-27-29-31-33-35-37-39-41-51-66-61-53-58(63(56-43-47-59(64)48-44-56)57-45-49-60(65)50-46-57)54-62(55-61)67-52-42-40-38-36-34-32-30-28-26-24-22-20-18-16-14-12-10-8-6-4-2/h43-50,53-55,63H,3-42,51-52H2,1-2H3. The van der Waals surface area contributed by atoms with Crippen molar-refractivity contribution in [3.63, 3.8) is 0 Å². The molecule has 0 N–H and O–H groups in total. The van der Waals surface area contributed by atoms with E-state index in [1.165, 1.54) is 255 Å². The fourth-order valence-corrected chi connectivity index (χ4v) is 10.2. The van der Waals surface area contributed by atoms with Crippen LogP contribution in [0.15, 0.2) is 66.7 Å². The number of benzene rings is 3. The average molecular weight is 962 g/mol. The molecule has 380 valence electrons. The van der Waals surface area contributed by atoms with Crippen molar-refractivity contribution in [3.8, 4) is 11.5 Å². The highest BCUT2D eigenvalue weighted by atomic mass is 35.5. The molecule has 2 nitrogen and oxygen atoms in total. The van der Waals surface area contributed by atoms with Gasteiger partial charge in [0.2, 0.25) is 0 Å². The third kappa shape index (κ3) is 31.6. The topological polar surface area (TPSA) is 18.5 Å². The summed E-state index contributed by atoms with van der Waals surface area (Å²) in [6.45, 7) is 6.07. The first kappa shape index (κ1) is 59.2. The van der Waals surface area contributed by atoms with Gasteiger partial charge in [-0.1, -0.05) is 305 Å². The van der Waals surface area contributed by atoms with Crippen LogP contribution in [0.25, 0.3) is 0 Å². The second-order valence-electron chi connectivity index (χ2n) is 20.4. The van der Waals surface area contributed by atoms with Crippen LogP contribution in [0.5, 0.6) is 11.5 Å². The van der Waals surface area contributed by atoms with Gasteiger partial charge in [-0.3, -0.25) is 0 Å². The van der Waals surface area contributed by atoms with E-state index in [0.717, 1.165) is 53.2 Å². The summed E-state index contributed by atoms with van der Waals surface area (Å²) in [4.78, 5) is 0. The minimum absolute atomic E-state index is 0.000125. The van der Waals surface area contributed by atoms with Crippen molar-refractivity contribution in [3.05, 3.63) is 93.5 Å². The highest BCUT2D eigenvalue weighted by Gasteiger charge is 2.19. The molecule has 0 saturated carbocycles. The van der Waals surface area contributed by atoms with Crippen LogP contribution in [0.1, 0.15) is 293 Å². The van der Waals surface area contributed by atoms with E-state index in [-0.39, 0.29) is 5.92 Å². The summed E-state index contributed by atoms with van der Waals surface area (Å²) in [6.07, 6.45) is 55.6. The molecule has 0 aliphatic rings. The monoisotopic (exact) mass is 961 g/mol. The largest absolute Gasteiger partial charge is 0.493 e. The van der Waals surface area contributed by atoms with Crippen molar-refractivity contribution in [2.75, 3.05) is 13.2 Å². The van der Waals surface area contributed by atoms with Gasteiger partial charge in [0.15, 0.2) is 0 Å². The van der Waals surface area contributed by atoms with Gasteiger partial charge in [0.1, 0.15) is 11.5 Å². The number of hydrogen-bond donors (Lipinski definition) is 0. The van der Waals surface area contributed by atoms with Gasteiger partial charge >= 0.3 is 0 Å². The van der Waals surface area contributed by atoms with Gasteiger partial charge in [0, 0.05) is 22.0 Å². The Bertz CT molecular complexity index is 1410. The summed E-state index contributed by atoms with van der Waals surface area (Å²) >= 11 is 12.7. The van der Waals surface area contributed by atoms with Crippen molar-refractivity contribution in [2.45, 2.75) is 277 Å². The van der Waals surface area contributed by atoms with Gasteiger partial charge in [-0.25, -0.2) is 0 Å². The predicted molar refractivity (Wildman–Crippen MR) is 297 cm³/mol. The molecule has 0 radical (unpaired) electrons. The lowest BCUT2D eigenvalue weighted by atomic mass is 9.85. The maximum atomic E-state index is 6.51. The van der Waals surface area contributed by atoms with Crippen LogP contribution in [-0.4, -0.2) is 13.2 Å². The van der Waals surface area contributed by atoms with Gasteiger partial charge in [0.25, 0.3) is 0 Å². The maximum absolute atomic E-state index is 6.51. The summed E-state index contributed by atoms with van der Waals surface area (Å²) < 4.78 is 13.0. The molecule has 3 aromatic rings. The van der Waals surface area contributed by atoms with Crippen LogP contribution in [0.4, 0.5) is 0 Å². The number of unbranched alkanes of at least 4 members (excludes halogenated alkanes) is 38. The molecule has 0 spiro atoms. The van der Waals surface area contributed by atoms with Crippen molar-refractivity contribution < 1.29 is 9.47 Å². The van der Waals surface area contributed by atoms with Crippen LogP contribution in [0.2, 0.25) is 10.0 Å². The molecule has 67 heavy (non-hydrogen) atoms. The Labute approximate surface area is 425 Å². The van der Waals surface area contributed by atoms with E-state index in [1.807, 2.05) is 24.3 Å². The molecule has 3 rings (SSSR count). The van der Waals surface area contributed by atoms with Gasteiger partial charge in [-0.2, -0.15) is 0 Å². The maximum Gasteiger partial charge on any atom is 0.123 e. The van der Waals surface area contributed by atoms with E-state index in [0.29, 0.717) is 0 Å². The van der Waals surface area contributed by atoms with Crippen LogP contribution in [0, 0.1) is 0 Å². The fraction of sp³-hybridized carbons (Fsp3) is 0.714. The molecule has 0 aliphatic carbocycles. The van der Waals surface area contributed by atoms with E-state index in [4.69, 9.17) is 32.7 Å². The zero-order chi connectivity index (χ0) is 47.5. The molecular formula is C63H102Cl2O2. The first-order valence-corrected chi connectivity index (χ1v) is 29.8. The second kappa shape index (κ2) is 42.7. The minimum Gasteiger partial charge on any atom is -0.493 e. The Morgan fingerprint density at radius 1 is 0.284 bits per heavy atom. The average Bonchev–Trinajstić information content (AvgIpc) is 3.33. The third-order valence-electron chi connectivity index (χ3n) is 14.2. The lowest BCUT2D eigenvalue weighted by Crippen LogP contribution is -2.06. The predicted octanol–water partition coefficient (Wildman–Crippen LogP) is 22.6. The zero-order valence-corrected chi connectivity index (χ0v) is 45.2. The number of hydrogen-bond acceptors (Lipinski definition) is 2. The highest BCUT2D eigenvalue weighted by Crippen LogP contribution is 2.37. The molecule has 0 saturated heterocycles. The van der Waals surface area contributed by atoms with Crippen molar-refractivity contribution in [1.29, 1.82) is 0 Å². The highest BCUT2D eigenvalue weighted by molar-refractivity contribution is 6.30. The molecule has 4 heteroatoms. The fourth-order valence-electron chi connectivity index (χ4n) is 9.91. The first-order valence-electron chi connectivity index (χ1n) is 29.0. The Morgan fingerprint density at radius 2 is 0.507 bits per heavy atom. The molecule has 3 aromatic carbocycles. The summed E-state index contributed by atoms with van der Waals surface area (Å²) in [5, 5.41) is 1.48. The van der Waals surface area contributed by atoms with Gasteiger partial charge in [0.05, 0.1) is 13.2 Å². The molecular weight excluding hydrogens is 860 g/mol. The zero-order valence-electron chi connectivity index (χ0n) is 43.7. The smallest absolute Gasteiger partial charge is 0.123 e. The Balaban J connectivity index is 1.32. The molecule has 0 atom stereocenters. The quantitative estimate of drug-likeness (QED) is 0.0415. The third-order valence-corrected chi connectivity index (χ3v) is 14.7. The van der Waals surface area contributed by atoms with Crippen LogP contribution in [0.3, 0.4) is 0 Å². The molecule has 0 amide bonds. The molecule has 0 aliphatic heterocycles. The van der Waals surface area contributed by atoms with Gasteiger partial charge in [-0.05, 0) is 65.9 Å². The summed E-state index contributed by atoms with van der Waals surface area (Å²) in [7, 11) is 0.